The third kappa shape index (κ3) is 6.05. The number of hydrogen-bond donors (Lipinski definition) is 2. The zero-order valence-corrected chi connectivity index (χ0v) is 18.7. The number of benzene rings is 2. The number of halogens is 2. The van der Waals surface area contributed by atoms with Crippen LogP contribution in [0.5, 0.6) is 0 Å². The molecule has 5 nitrogen and oxygen atoms in total. The second-order valence-corrected chi connectivity index (χ2v) is 8.50. The van der Waals surface area contributed by atoms with Gasteiger partial charge in [-0.25, -0.2) is 4.39 Å². The first kappa shape index (κ1) is 23.2. The monoisotopic (exact) mass is 445 g/mol. The molecule has 7 heteroatoms. The van der Waals surface area contributed by atoms with Crippen LogP contribution in [0.25, 0.3) is 0 Å². The number of nitrogens with one attached hydrogen (secondary N) is 2. The Morgan fingerprint density at radius 3 is 2.74 bits per heavy atom. The van der Waals surface area contributed by atoms with Crippen molar-refractivity contribution in [1.82, 2.24) is 10.2 Å². The minimum atomic E-state index is -0.333. The SMILES string of the molecule is CCC(C)NC(=O)c1ccccc1NC(=O)C1CCCN(Cc2c(F)cccc2Cl)C1. The van der Waals surface area contributed by atoms with Gasteiger partial charge in [-0.3, -0.25) is 14.5 Å². The highest BCUT2D eigenvalue weighted by Crippen LogP contribution is 2.25. The Labute approximate surface area is 188 Å². The molecule has 166 valence electrons. The van der Waals surface area contributed by atoms with Crippen LogP contribution in [0.4, 0.5) is 10.1 Å². The molecule has 2 N–H and O–H groups in total. The number of nitrogens with zero attached hydrogens (tertiary/aromatic N) is 1. The normalized spacial score (nSPS) is 17.7. The van der Waals surface area contributed by atoms with Crippen molar-refractivity contribution in [3.63, 3.8) is 0 Å². The van der Waals surface area contributed by atoms with E-state index in [1.54, 1.807) is 36.4 Å². The second kappa shape index (κ2) is 10.7. The van der Waals surface area contributed by atoms with Gasteiger partial charge in [-0.15, -0.1) is 0 Å². The molecular formula is C24H29ClFN3O2. The highest BCUT2D eigenvalue weighted by atomic mass is 35.5. The van der Waals surface area contributed by atoms with Crippen molar-refractivity contribution in [1.29, 1.82) is 0 Å². The molecule has 2 aromatic carbocycles. The molecule has 2 atom stereocenters. The summed E-state index contributed by atoms with van der Waals surface area (Å²) in [4.78, 5) is 27.6. The third-order valence-electron chi connectivity index (χ3n) is 5.74. The predicted molar refractivity (Wildman–Crippen MR) is 122 cm³/mol. The highest BCUT2D eigenvalue weighted by molar-refractivity contribution is 6.31. The number of amides is 2. The van der Waals surface area contributed by atoms with Gasteiger partial charge in [0.25, 0.3) is 5.91 Å². The van der Waals surface area contributed by atoms with Gasteiger partial charge < -0.3 is 10.6 Å². The molecule has 1 heterocycles. The maximum absolute atomic E-state index is 14.2. The van der Waals surface area contributed by atoms with Gasteiger partial charge in [0.2, 0.25) is 5.91 Å². The molecule has 1 aliphatic heterocycles. The van der Waals surface area contributed by atoms with Gasteiger partial charge in [0.05, 0.1) is 17.2 Å². The number of carbonyl (C=O) groups excluding carboxylic acids is 2. The fraction of sp³-hybridized carbons (Fsp3) is 0.417. The Hall–Kier alpha value is -2.44. The van der Waals surface area contributed by atoms with E-state index in [0.29, 0.717) is 34.9 Å². The molecule has 1 aliphatic rings. The molecule has 0 bridgehead atoms. The molecule has 0 radical (unpaired) electrons. The summed E-state index contributed by atoms with van der Waals surface area (Å²) in [6.07, 6.45) is 2.40. The van der Waals surface area contributed by atoms with Crippen molar-refractivity contribution < 1.29 is 14.0 Å². The molecule has 0 spiro atoms. The first-order valence-corrected chi connectivity index (χ1v) is 11.1. The molecule has 1 fully saturated rings. The van der Waals surface area contributed by atoms with Gasteiger partial charge in [-0.05, 0) is 57.0 Å². The summed E-state index contributed by atoms with van der Waals surface area (Å²) in [7, 11) is 0. The average Bonchev–Trinajstić information content (AvgIpc) is 2.76. The number of anilines is 1. The van der Waals surface area contributed by atoms with Gasteiger partial charge in [0.1, 0.15) is 5.82 Å². The number of carbonyl (C=O) groups is 2. The summed E-state index contributed by atoms with van der Waals surface area (Å²) in [5.74, 6) is -0.914. The van der Waals surface area contributed by atoms with E-state index in [2.05, 4.69) is 15.5 Å². The number of piperidine rings is 1. The van der Waals surface area contributed by atoms with Gasteiger partial charge in [-0.2, -0.15) is 0 Å². The molecule has 3 rings (SSSR count). The summed E-state index contributed by atoms with van der Waals surface area (Å²) in [6.45, 7) is 5.60. The van der Waals surface area contributed by atoms with Gasteiger partial charge in [0, 0.05) is 29.7 Å². The van der Waals surface area contributed by atoms with E-state index < -0.39 is 0 Å². The van der Waals surface area contributed by atoms with Crippen LogP contribution in [0.3, 0.4) is 0 Å². The van der Waals surface area contributed by atoms with Gasteiger partial charge >= 0.3 is 0 Å². The van der Waals surface area contributed by atoms with Crippen molar-refractivity contribution in [3.8, 4) is 0 Å². The zero-order valence-electron chi connectivity index (χ0n) is 18.0. The van der Waals surface area contributed by atoms with E-state index in [9.17, 15) is 14.0 Å². The van der Waals surface area contributed by atoms with Crippen LogP contribution < -0.4 is 10.6 Å². The first-order chi connectivity index (χ1) is 14.9. The molecular weight excluding hydrogens is 417 g/mol. The van der Waals surface area contributed by atoms with Crippen LogP contribution in [0.2, 0.25) is 5.02 Å². The average molecular weight is 446 g/mol. The molecule has 0 aromatic heterocycles. The predicted octanol–water partition coefficient (Wildman–Crippen LogP) is 4.86. The van der Waals surface area contributed by atoms with Crippen molar-refractivity contribution >= 4 is 29.1 Å². The lowest BCUT2D eigenvalue weighted by Crippen LogP contribution is -2.40. The minimum absolute atomic E-state index is 0.0494. The number of likely N-dealkylation sites (tertiary alicyclic amines) is 1. The minimum Gasteiger partial charge on any atom is -0.350 e. The second-order valence-electron chi connectivity index (χ2n) is 8.09. The van der Waals surface area contributed by atoms with Crippen LogP contribution in [0, 0.1) is 11.7 Å². The van der Waals surface area contributed by atoms with Crippen LogP contribution in [0.15, 0.2) is 42.5 Å². The Morgan fingerprint density at radius 2 is 2.00 bits per heavy atom. The smallest absolute Gasteiger partial charge is 0.253 e. The van der Waals surface area contributed by atoms with Crippen molar-refractivity contribution in [2.24, 2.45) is 5.92 Å². The van der Waals surface area contributed by atoms with Crippen molar-refractivity contribution in [2.75, 3.05) is 18.4 Å². The van der Waals surface area contributed by atoms with E-state index in [-0.39, 0.29) is 29.6 Å². The Morgan fingerprint density at radius 1 is 1.23 bits per heavy atom. The third-order valence-corrected chi connectivity index (χ3v) is 6.09. The number of para-hydroxylation sites is 1. The molecule has 1 saturated heterocycles. The molecule has 31 heavy (non-hydrogen) atoms. The van der Waals surface area contributed by atoms with Gasteiger partial charge in [0.15, 0.2) is 0 Å². The lowest BCUT2D eigenvalue weighted by molar-refractivity contribution is -0.121. The highest BCUT2D eigenvalue weighted by Gasteiger charge is 2.27. The summed E-state index contributed by atoms with van der Waals surface area (Å²) >= 11 is 6.16. The van der Waals surface area contributed by atoms with E-state index >= 15 is 0 Å². The summed E-state index contributed by atoms with van der Waals surface area (Å²) in [5, 5.41) is 6.27. The summed E-state index contributed by atoms with van der Waals surface area (Å²) < 4.78 is 14.2. The van der Waals surface area contributed by atoms with Crippen LogP contribution in [-0.4, -0.2) is 35.8 Å². The Balaban J connectivity index is 1.66. The number of hydrogen-bond acceptors (Lipinski definition) is 3. The molecule has 0 saturated carbocycles. The zero-order chi connectivity index (χ0) is 22.4. The van der Waals surface area contributed by atoms with Crippen LogP contribution in [0.1, 0.15) is 49.0 Å². The topological polar surface area (TPSA) is 61.4 Å². The van der Waals surface area contributed by atoms with Crippen molar-refractivity contribution in [2.45, 2.75) is 45.7 Å². The fourth-order valence-corrected chi connectivity index (χ4v) is 3.97. The maximum atomic E-state index is 14.2. The Kier molecular flexibility index (Phi) is 8.04. The number of rotatable bonds is 7. The molecule has 0 aliphatic carbocycles. The van der Waals surface area contributed by atoms with Crippen LogP contribution >= 0.6 is 11.6 Å². The summed E-state index contributed by atoms with van der Waals surface area (Å²) in [5.41, 5.74) is 1.40. The molecule has 2 aromatic rings. The standard InChI is InChI=1S/C24H29ClFN3O2/c1-3-16(2)27-24(31)18-9-4-5-12-22(18)28-23(30)17-8-7-13-29(14-17)15-19-20(25)10-6-11-21(19)26/h4-6,9-12,16-17H,3,7-8,13-15H2,1-2H3,(H,27,31)(H,28,30). The van der Waals surface area contributed by atoms with E-state index in [1.165, 1.54) is 6.07 Å². The maximum Gasteiger partial charge on any atom is 0.253 e. The van der Waals surface area contributed by atoms with Crippen LogP contribution in [-0.2, 0) is 11.3 Å². The quantitative estimate of drug-likeness (QED) is 0.639. The fourth-order valence-electron chi connectivity index (χ4n) is 3.75. The Bertz CT molecular complexity index is 917. The van der Waals surface area contributed by atoms with Gasteiger partial charge in [-0.1, -0.05) is 36.7 Å². The summed E-state index contributed by atoms with van der Waals surface area (Å²) in [6, 6.07) is 11.7. The van der Waals surface area contributed by atoms with Crippen molar-refractivity contribution in [3.05, 3.63) is 64.4 Å². The largest absolute Gasteiger partial charge is 0.350 e. The van der Waals surface area contributed by atoms with E-state index in [0.717, 1.165) is 25.8 Å². The van der Waals surface area contributed by atoms with E-state index in [4.69, 9.17) is 11.6 Å². The molecule has 2 amide bonds. The lowest BCUT2D eigenvalue weighted by atomic mass is 9.96. The van der Waals surface area contributed by atoms with E-state index in [1.807, 2.05) is 13.8 Å². The first-order valence-electron chi connectivity index (χ1n) is 10.7. The molecule has 2 unspecified atom stereocenters. The lowest BCUT2D eigenvalue weighted by Gasteiger charge is -2.32.